The smallest absolute Gasteiger partial charge is 0.136 e. The molecule has 5 unspecified atom stereocenters. The Kier molecular flexibility index (Phi) is 5.99. The van der Waals surface area contributed by atoms with Crippen molar-refractivity contribution in [1.82, 2.24) is 0 Å². The molecular weight excluding hydrogens is 356 g/mol. The molecule has 4 rings (SSSR count). The van der Waals surface area contributed by atoms with Crippen LogP contribution in [0.1, 0.15) is 105 Å². The van der Waals surface area contributed by atoms with Gasteiger partial charge < -0.3 is 5.11 Å². The Balaban J connectivity index is 1.50. The van der Waals surface area contributed by atoms with Gasteiger partial charge in [0.25, 0.3) is 0 Å². The quantitative estimate of drug-likeness (QED) is 0.559. The van der Waals surface area contributed by atoms with Crippen molar-refractivity contribution >= 4 is 5.78 Å². The molecule has 4 saturated carbocycles. The average molecular weight is 403 g/mol. The lowest BCUT2D eigenvalue weighted by Crippen LogP contribution is -2.57. The summed E-state index contributed by atoms with van der Waals surface area (Å²) in [5.74, 6) is 5.21. The number of ketones is 1. The number of fused-ring (bicyclic) bond motifs is 5. The van der Waals surface area contributed by atoms with Gasteiger partial charge in [-0.1, -0.05) is 53.9 Å². The Morgan fingerprint density at radius 2 is 1.66 bits per heavy atom. The van der Waals surface area contributed by atoms with Gasteiger partial charge in [0, 0.05) is 12.3 Å². The topological polar surface area (TPSA) is 37.3 Å². The molecule has 0 radical (unpaired) electrons. The molecule has 2 heteroatoms. The zero-order valence-electron chi connectivity index (χ0n) is 19.8. The van der Waals surface area contributed by atoms with Crippen molar-refractivity contribution in [1.29, 1.82) is 0 Å². The fraction of sp³-hybridized carbons (Fsp3) is 0.963. The molecular formula is C27H46O2. The molecule has 166 valence electrons. The molecule has 0 aromatic rings. The van der Waals surface area contributed by atoms with E-state index in [0.29, 0.717) is 23.0 Å². The maximum Gasteiger partial charge on any atom is 0.136 e. The first kappa shape index (κ1) is 21.8. The zero-order valence-corrected chi connectivity index (χ0v) is 19.8. The number of carbonyl (C=O) groups excluding carboxylic acids is 1. The Hall–Kier alpha value is -0.370. The minimum Gasteiger partial charge on any atom is -0.393 e. The standard InChI is InChI=1S/C27H46O2/c1-17(2)7-6-8-18(3)21-9-10-22-20-16-25(29)24-15-19(28)11-13-27(24,5)23(20)12-14-26(21,22)4/h17-24,28H,6-16H2,1-5H3/t18?,19-,20?,21+,22?,23?,24?,26+,27+/m0/s1. The molecule has 0 aromatic carbocycles. The van der Waals surface area contributed by atoms with Gasteiger partial charge in [0.15, 0.2) is 0 Å². The summed E-state index contributed by atoms with van der Waals surface area (Å²) in [6.45, 7) is 12.2. The highest BCUT2D eigenvalue weighted by atomic mass is 16.3. The van der Waals surface area contributed by atoms with Gasteiger partial charge in [0.1, 0.15) is 5.78 Å². The summed E-state index contributed by atoms with van der Waals surface area (Å²) < 4.78 is 0. The van der Waals surface area contributed by atoms with E-state index >= 15 is 0 Å². The molecule has 0 saturated heterocycles. The van der Waals surface area contributed by atoms with E-state index in [1.165, 1.54) is 44.9 Å². The summed E-state index contributed by atoms with van der Waals surface area (Å²) in [5, 5.41) is 10.2. The van der Waals surface area contributed by atoms with Crippen molar-refractivity contribution in [3.63, 3.8) is 0 Å². The van der Waals surface area contributed by atoms with Crippen LogP contribution in [0.2, 0.25) is 0 Å². The first-order valence-electron chi connectivity index (χ1n) is 12.9. The number of aliphatic hydroxyl groups excluding tert-OH is 1. The Morgan fingerprint density at radius 3 is 2.38 bits per heavy atom. The number of aliphatic hydroxyl groups is 1. The molecule has 0 aromatic heterocycles. The molecule has 0 amide bonds. The fourth-order valence-corrected chi connectivity index (χ4v) is 9.04. The van der Waals surface area contributed by atoms with E-state index in [1.807, 2.05) is 0 Å². The third-order valence-electron chi connectivity index (χ3n) is 10.6. The number of hydrogen-bond acceptors (Lipinski definition) is 2. The van der Waals surface area contributed by atoms with Crippen molar-refractivity contribution in [2.75, 3.05) is 0 Å². The summed E-state index contributed by atoms with van der Waals surface area (Å²) >= 11 is 0. The lowest BCUT2D eigenvalue weighted by Gasteiger charge is -2.60. The van der Waals surface area contributed by atoms with Crippen molar-refractivity contribution < 1.29 is 9.90 Å². The van der Waals surface area contributed by atoms with Crippen molar-refractivity contribution in [3.05, 3.63) is 0 Å². The van der Waals surface area contributed by atoms with Crippen molar-refractivity contribution in [2.24, 2.45) is 52.3 Å². The van der Waals surface area contributed by atoms with Crippen LogP contribution in [0.3, 0.4) is 0 Å². The number of Topliss-reactive ketones (excluding diaryl/α,β-unsaturated/α-hetero) is 1. The molecule has 0 bridgehead atoms. The van der Waals surface area contributed by atoms with E-state index in [0.717, 1.165) is 49.4 Å². The predicted octanol–water partition coefficient (Wildman–Crippen LogP) is 6.65. The molecule has 0 spiro atoms. The average Bonchev–Trinajstić information content (AvgIpc) is 3.00. The largest absolute Gasteiger partial charge is 0.393 e. The van der Waals surface area contributed by atoms with E-state index < -0.39 is 0 Å². The highest BCUT2D eigenvalue weighted by molar-refractivity contribution is 5.83. The number of rotatable bonds is 5. The van der Waals surface area contributed by atoms with Crippen LogP contribution < -0.4 is 0 Å². The molecule has 0 aliphatic heterocycles. The molecule has 4 fully saturated rings. The van der Waals surface area contributed by atoms with Crippen LogP contribution in [0, 0.1) is 52.3 Å². The summed E-state index contributed by atoms with van der Waals surface area (Å²) in [5.41, 5.74) is 0.609. The highest BCUT2D eigenvalue weighted by Gasteiger charge is 2.62. The molecule has 29 heavy (non-hydrogen) atoms. The predicted molar refractivity (Wildman–Crippen MR) is 119 cm³/mol. The maximum atomic E-state index is 13.2. The first-order valence-corrected chi connectivity index (χ1v) is 12.9. The third-order valence-corrected chi connectivity index (χ3v) is 10.6. The second-order valence-corrected chi connectivity index (χ2v) is 12.6. The van der Waals surface area contributed by atoms with Crippen LogP contribution in [-0.2, 0) is 4.79 Å². The molecule has 0 heterocycles. The maximum absolute atomic E-state index is 13.2. The van der Waals surface area contributed by atoms with Crippen LogP contribution in [0.15, 0.2) is 0 Å². The summed E-state index contributed by atoms with van der Waals surface area (Å²) in [6, 6.07) is 0. The van der Waals surface area contributed by atoms with Crippen molar-refractivity contribution in [3.8, 4) is 0 Å². The molecule has 9 atom stereocenters. The second kappa shape index (κ2) is 7.95. The summed E-state index contributed by atoms with van der Waals surface area (Å²) in [7, 11) is 0. The zero-order chi connectivity index (χ0) is 21.0. The Labute approximate surface area is 179 Å². The van der Waals surface area contributed by atoms with Gasteiger partial charge in [-0.2, -0.15) is 0 Å². The van der Waals surface area contributed by atoms with Crippen LogP contribution in [0.5, 0.6) is 0 Å². The minimum atomic E-state index is -0.245. The van der Waals surface area contributed by atoms with E-state index in [-0.39, 0.29) is 17.4 Å². The monoisotopic (exact) mass is 402 g/mol. The van der Waals surface area contributed by atoms with E-state index in [4.69, 9.17) is 0 Å². The van der Waals surface area contributed by atoms with E-state index in [1.54, 1.807) is 0 Å². The highest BCUT2D eigenvalue weighted by Crippen LogP contribution is 2.67. The summed E-state index contributed by atoms with van der Waals surface area (Å²) in [4.78, 5) is 13.2. The molecule has 1 N–H and O–H groups in total. The van der Waals surface area contributed by atoms with Crippen LogP contribution >= 0.6 is 0 Å². The van der Waals surface area contributed by atoms with Gasteiger partial charge >= 0.3 is 0 Å². The number of carbonyl (C=O) groups is 1. The van der Waals surface area contributed by atoms with Crippen molar-refractivity contribution in [2.45, 2.75) is 111 Å². The van der Waals surface area contributed by atoms with Gasteiger partial charge in [0.2, 0.25) is 0 Å². The van der Waals surface area contributed by atoms with Gasteiger partial charge in [-0.3, -0.25) is 4.79 Å². The number of hydrogen-bond donors (Lipinski definition) is 1. The molecule has 2 nitrogen and oxygen atoms in total. The third kappa shape index (κ3) is 3.64. The SMILES string of the molecule is CC(C)CCCC(C)[C@H]1CCC2C3CC(=O)C4C[C@@H](O)CC[C@]4(C)C3CC[C@@]21C. The Morgan fingerprint density at radius 1 is 0.966 bits per heavy atom. The first-order chi connectivity index (χ1) is 13.7. The van der Waals surface area contributed by atoms with E-state index in [9.17, 15) is 9.90 Å². The van der Waals surface area contributed by atoms with Gasteiger partial charge in [-0.25, -0.2) is 0 Å². The van der Waals surface area contributed by atoms with Gasteiger partial charge in [0.05, 0.1) is 6.10 Å². The normalized spacial score (nSPS) is 48.2. The molecule has 4 aliphatic rings. The summed E-state index contributed by atoms with van der Waals surface area (Å²) in [6.07, 6.45) is 12.8. The fourth-order valence-electron chi connectivity index (χ4n) is 9.04. The van der Waals surface area contributed by atoms with E-state index in [2.05, 4.69) is 34.6 Å². The van der Waals surface area contributed by atoms with Crippen LogP contribution in [-0.4, -0.2) is 17.0 Å². The van der Waals surface area contributed by atoms with Crippen LogP contribution in [0.25, 0.3) is 0 Å². The Bertz CT molecular complexity index is 612. The lowest BCUT2D eigenvalue weighted by molar-refractivity contribution is -0.160. The molecule has 4 aliphatic carbocycles. The lowest BCUT2D eigenvalue weighted by atomic mass is 9.44. The van der Waals surface area contributed by atoms with Gasteiger partial charge in [-0.05, 0) is 91.3 Å². The minimum absolute atomic E-state index is 0.129. The van der Waals surface area contributed by atoms with Gasteiger partial charge in [-0.15, -0.1) is 0 Å². The van der Waals surface area contributed by atoms with Crippen LogP contribution in [0.4, 0.5) is 0 Å². The second-order valence-electron chi connectivity index (χ2n) is 12.6.